The monoisotopic (exact) mass is 403 g/mol. The highest BCUT2D eigenvalue weighted by molar-refractivity contribution is 9.10. The van der Waals surface area contributed by atoms with E-state index in [2.05, 4.69) is 43.4 Å². The molecular weight excluding hydrogens is 390 g/mol. The number of hydrogen-bond acceptors (Lipinski definition) is 5. The molecule has 0 aliphatic rings. The fraction of sp³-hybridized carbons (Fsp3) is 0.125. The first-order valence-electron chi connectivity index (χ1n) is 7.23. The van der Waals surface area contributed by atoms with Crippen LogP contribution in [0.2, 0.25) is 0 Å². The van der Waals surface area contributed by atoms with Crippen molar-refractivity contribution in [2.45, 2.75) is 11.8 Å². The van der Waals surface area contributed by atoms with Crippen molar-refractivity contribution in [3.63, 3.8) is 0 Å². The van der Waals surface area contributed by atoms with Crippen molar-refractivity contribution >= 4 is 39.3 Å². The van der Waals surface area contributed by atoms with E-state index in [1.807, 2.05) is 24.3 Å². The molecule has 0 saturated carbocycles. The number of aromatic nitrogens is 4. The molecule has 2 aromatic heterocycles. The number of carbonyl (C=O) groups excluding carboxylic acids is 1. The summed E-state index contributed by atoms with van der Waals surface area (Å²) in [6.07, 6.45) is 3.06. The van der Waals surface area contributed by atoms with E-state index in [0.29, 0.717) is 16.0 Å². The molecule has 0 aliphatic carbocycles. The summed E-state index contributed by atoms with van der Waals surface area (Å²) in [5.41, 5.74) is 1.03. The van der Waals surface area contributed by atoms with Crippen molar-refractivity contribution in [2.24, 2.45) is 0 Å². The van der Waals surface area contributed by atoms with Crippen LogP contribution in [0.15, 0.2) is 58.4 Å². The van der Waals surface area contributed by atoms with Gasteiger partial charge in [0.15, 0.2) is 0 Å². The first kappa shape index (κ1) is 16.7. The van der Waals surface area contributed by atoms with E-state index in [1.54, 1.807) is 28.5 Å². The summed E-state index contributed by atoms with van der Waals surface area (Å²) in [6.45, 7) is 2.10. The number of carbonyl (C=O) groups is 1. The average Bonchev–Trinajstić information content (AvgIpc) is 3.12. The van der Waals surface area contributed by atoms with E-state index >= 15 is 0 Å². The van der Waals surface area contributed by atoms with Crippen LogP contribution in [0.25, 0.3) is 5.82 Å². The number of hydrogen-bond donors (Lipinski definition) is 1. The first-order chi connectivity index (χ1) is 11.7. The maximum atomic E-state index is 12.5. The van der Waals surface area contributed by atoms with Crippen LogP contribution < -0.4 is 5.32 Å². The van der Waals surface area contributed by atoms with Crippen LogP contribution in [-0.4, -0.2) is 31.4 Å². The summed E-state index contributed by atoms with van der Waals surface area (Å²) in [5.74, 6) is 1.30. The number of anilines is 1. The smallest absolute Gasteiger partial charge is 0.275 e. The molecule has 24 heavy (non-hydrogen) atoms. The van der Waals surface area contributed by atoms with Crippen molar-refractivity contribution in [1.82, 2.24) is 19.7 Å². The normalized spacial score (nSPS) is 10.6. The van der Waals surface area contributed by atoms with Crippen LogP contribution in [0.5, 0.6) is 0 Å². The molecule has 0 unspecified atom stereocenters. The predicted octanol–water partition coefficient (Wildman–Crippen LogP) is 3.79. The molecule has 2 heterocycles. The highest BCUT2D eigenvalue weighted by atomic mass is 79.9. The Labute approximate surface area is 151 Å². The van der Waals surface area contributed by atoms with Crippen LogP contribution in [0.3, 0.4) is 0 Å². The second-order valence-corrected chi connectivity index (χ2v) is 6.97. The Bertz CT molecular complexity index is 836. The molecule has 122 valence electrons. The second kappa shape index (κ2) is 7.59. The third-order valence-electron chi connectivity index (χ3n) is 3.15. The van der Waals surface area contributed by atoms with E-state index < -0.39 is 0 Å². The Morgan fingerprint density at radius 3 is 2.54 bits per heavy atom. The molecule has 0 fully saturated rings. The van der Waals surface area contributed by atoms with E-state index in [1.165, 1.54) is 17.6 Å². The Balaban J connectivity index is 1.80. The standard InChI is InChI=1S/C16H14BrN5OS/c1-2-24-12-5-3-11(4-6-12)20-16(23)15-13(17)7-8-14(21-15)22-9-18-19-10-22/h3-10H,2H2,1H3,(H,20,23). The molecule has 0 saturated heterocycles. The lowest BCUT2D eigenvalue weighted by molar-refractivity contribution is 0.102. The summed E-state index contributed by atoms with van der Waals surface area (Å²) in [5, 5.41) is 10.4. The fourth-order valence-electron chi connectivity index (χ4n) is 2.05. The van der Waals surface area contributed by atoms with Gasteiger partial charge in [-0.05, 0) is 58.1 Å². The Hall–Kier alpha value is -2.19. The van der Waals surface area contributed by atoms with Gasteiger partial charge in [-0.25, -0.2) is 4.98 Å². The molecule has 0 bridgehead atoms. The van der Waals surface area contributed by atoms with Gasteiger partial charge >= 0.3 is 0 Å². The summed E-state index contributed by atoms with van der Waals surface area (Å²) in [6, 6.07) is 11.3. The van der Waals surface area contributed by atoms with Gasteiger partial charge < -0.3 is 5.32 Å². The topological polar surface area (TPSA) is 72.7 Å². The fourth-order valence-corrected chi connectivity index (χ4v) is 3.11. The highest BCUT2D eigenvalue weighted by Crippen LogP contribution is 2.22. The van der Waals surface area contributed by atoms with Crippen molar-refractivity contribution in [1.29, 1.82) is 0 Å². The third-order valence-corrected chi connectivity index (χ3v) is 4.69. The average molecular weight is 404 g/mol. The predicted molar refractivity (Wildman–Crippen MR) is 97.6 cm³/mol. The number of rotatable bonds is 5. The van der Waals surface area contributed by atoms with E-state index in [-0.39, 0.29) is 5.91 Å². The number of halogens is 1. The van der Waals surface area contributed by atoms with Crippen LogP contribution in [0.1, 0.15) is 17.4 Å². The van der Waals surface area contributed by atoms with Gasteiger partial charge in [0, 0.05) is 15.1 Å². The van der Waals surface area contributed by atoms with Gasteiger partial charge in [0.05, 0.1) is 0 Å². The summed E-state index contributed by atoms with van der Waals surface area (Å²) < 4.78 is 2.26. The van der Waals surface area contributed by atoms with E-state index in [4.69, 9.17) is 0 Å². The quantitative estimate of drug-likeness (QED) is 0.656. The lowest BCUT2D eigenvalue weighted by Gasteiger charge is -2.09. The molecule has 3 aromatic rings. The molecule has 1 N–H and O–H groups in total. The van der Waals surface area contributed by atoms with Crippen LogP contribution in [0.4, 0.5) is 5.69 Å². The second-order valence-electron chi connectivity index (χ2n) is 4.78. The lowest BCUT2D eigenvalue weighted by Crippen LogP contribution is -2.15. The lowest BCUT2D eigenvalue weighted by atomic mass is 10.3. The van der Waals surface area contributed by atoms with Gasteiger partial charge in [0.2, 0.25) is 0 Å². The van der Waals surface area contributed by atoms with Gasteiger partial charge in [-0.1, -0.05) is 6.92 Å². The Kier molecular flexibility index (Phi) is 5.27. The van der Waals surface area contributed by atoms with Crippen LogP contribution in [0, 0.1) is 0 Å². The van der Waals surface area contributed by atoms with Crippen LogP contribution >= 0.6 is 27.7 Å². The van der Waals surface area contributed by atoms with Crippen molar-refractivity contribution < 1.29 is 4.79 Å². The third kappa shape index (κ3) is 3.82. The number of amides is 1. The number of nitrogens with one attached hydrogen (secondary N) is 1. The van der Waals surface area contributed by atoms with Gasteiger partial charge in [-0.2, -0.15) is 0 Å². The first-order valence-corrected chi connectivity index (χ1v) is 9.01. The zero-order chi connectivity index (χ0) is 16.9. The van der Waals surface area contributed by atoms with Crippen molar-refractivity contribution in [3.05, 3.63) is 59.2 Å². The van der Waals surface area contributed by atoms with Gasteiger partial charge in [-0.15, -0.1) is 22.0 Å². The molecule has 0 atom stereocenters. The molecule has 1 aromatic carbocycles. The van der Waals surface area contributed by atoms with Gasteiger partial charge in [0.1, 0.15) is 24.2 Å². The number of nitrogens with zero attached hydrogens (tertiary/aromatic N) is 4. The molecule has 6 nitrogen and oxygen atoms in total. The van der Waals surface area contributed by atoms with Crippen LogP contribution in [-0.2, 0) is 0 Å². The minimum Gasteiger partial charge on any atom is -0.321 e. The molecule has 8 heteroatoms. The van der Waals surface area contributed by atoms with E-state index in [0.717, 1.165) is 11.4 Å². The summed E-state index contributed by atoms with van der Waals surface area (Å²) in [4.78, 5) is 18.1. The molecular formula is C16H14BrN5OS. The molecule has 0 spiro atoms. The SMILES string of the molecule is CCSc1ccc(NC(=O)c2nc(-n3cnnc3)ccc2Br)cc1. The summed E-state index contributed by atoms with van der Waals surface area (Å²) in [7, 11) is 0. The molecule has 3 rings (SSSR count). The zero-order valence-corrected chi connectivity index (χ0v) is 15.2. The maximum Gasteiger partial charge on any atom is 0.275 e. The Morgan fingerprint density at radius 2 is 1.88 bits per heavy atom. The maximum absolute atomic E-state index is 12.5. The highest BCUT2D eigenvalue weighted by Gasteiger charge is 2.14. The Morgan fingerprint density at radius 1 is 1.17 bits per heavy atom. The zero-order valence-electron chi connectivity index (χ0n) is 12.8. The number of thioether (sulfide) groups is 1. The molecule has 0 radical (unpaired) electrons. The van der Waals surface area contributed by atoms with Gasteiger partial charge in [-0.3, -0.25) is 9.36 Å². The largest absolute Gasteiger partial charge is 0.321 e. The van der Waals surface area contributed by atoms with Crippen molar-refractivity contribution in [3.8, 4) is 5.82 Å². The van der Waals surface area contributed by atoms with Crippen molar-refractivity contribution in [2.75, 3.05) is 11.1 Å². The minimum atomic E-state index is -0.285. The molecule has 1 amide bonds. The van der Waals surface area contributed by atoms with Gasteiger partial charge in [0.25, 0.3) is 5.91 Å². The number of pyridine rings is 1. The van der Waals surface area contributed by atoms with E-state index in [9.17, 15) is 4.79 Å². The summed E-state index contributed by atoms with van der Waals surface area (Å²) >= 11 is 5.13. The minimum absolute atomic E-state index is 0.285. The molecule has 0 aliphatic heterocycles. The number of benzene rings is 1.